The monoisotopic (exact) mass is 629 g/mol. The molecular formula is C36H43N3O7. The molecule has 2 aromatic carbocycles. The van der Waals surface area contributed by atoms with Gasteiger partial charge in [0.1, 0.15) is 17.7 Å². The zero-order valence-corrected chi connectivity index (χ0v) is 26.5. The first kappa shape index (κ1) is 33.1. The number of ether oxygens (including phenoxy) is 2. The molecule has 0 aromatic heterocycles. The standard InChI is InChI=1S/C36H43N3O7/c1-5-7-16-28(41)37-22-27(25-14-9-8-10-15-25)45-35(44)29-26-17-18-36(46-26)30(29)33(42)39(20-21-40)32(36)34(43)38(19-6-2)31-23(3)12-11-13-24(31)4/h5-6,8-15,26-27,29-30,32,40H,1-2,7,16-22H2,3-4H3,(H,37,41)/t26-,27-,29+,30+,32-,36+/m1/s1. The number of amides is 3. The minimum atomic E-state index is -1.26. The lowest BCUT2D eigenvalue weighted by Gasteiger charge is -2.37. The average molecular weight is 630 g/mol. The number of para-hydroxylation sites is 1. The molecule has 244 valence electrons. The van der Waals surface area contributed by atoms with E-state index in [4.69, 9.17) is 9.47 Å². The summed E-state index contributed by atoms with van der Waals surface area (Å²) in [5, 5.41) is 12.8. The molecule has 3 aliphatic heterocycles. The van der Waals surface area contributed by atoms with E-state index in [-0.39, 0.29) is 44.5 Å². The van der Waals surface area contributed by atoms with Crippen LogP contribution in [0.3, 0.4) is 0 Å². The van der Waals surface area contributed by atoms with E-state index in [0.29, 0.717) is 24.8 Å². The molecule has 1 spiro atoms. The van der Waals surface area contributed by atoms with Gasteiger partial charge in [-0.05, 0) is 49.8 Å². The Morgan fingerprint density at radius 3 is 2.50 bits per heavy atom. The van der Waals surface area contributed by atoms with Crippen LogP contribution in [0.25, 0.3) is 0 Å². The molecule has 0 radical (unpaired) electrons. The third-order valence-corrected chi connectivity index (χ3v) is 9.42. The fourth-order valence-electron chi connectivity index (χ4n) is 7.49. The van der Waals surface area contributed by atoms with Crippen molar-refractivity contribution >= 4 is 29.4 Å². The van der Waals surface area contributed by atoms with Crippen LogP contribution in [-0.4, -0.2) is 77.7 Å². The van der Waals surface area contributed by atoms with Gasteiger partial charge < -0.3 is 29.7 Å². The van der Waals surface area contributed by atoms with Crippen LogP contribution in [0.15, 0.2) is 73.8 Å². The van der Waals surface area contributed by atoms with Crippen molar-refractivity contribution in [2.24, 2.45) is 11.8 Å². The molecular weight excluding hydrogens is 586 g/mol. The summed E-state index contributed by atoms with van der Waals surface area (Å²) in [4.78, 5) is 58.3. The van der Waals surface area contributed by atoms with Crippen LogP contribution in [0.4, 0.5) is 5.69 Å². The number of rotatable bonds is 14. The highest BCUT2D eigenvalue weighted by atomic mass is 16.6. The Hall–Kier alpha value is -4.28. The lowest BCUT2D eigenvalue weighted by Crippen LogP contribution is -2.57. The SMILES string of the molecule is C=CCCC(=O)NC[C@@H](OC(=O)[C@@H]1[C@H]2C(=O)N(CCO)[C@H](C(=O)N(CC=C)c3c(C)cccc3C)[C@]23CC[C@H]1O3)c1ccccc1. The summed E-state index contributed by atoms with van der Waals surface area (Å²) in [5.41, 5.74) is 1.95. The maximum atomic E-state index is 14.6. The molecule has 0 unspecified atom stereocenters. The number of fused-ring (bicyclic) bond motifs is 1. The number of anilines is 1. The van der Waals surface area contributed by atoms with Crippen molar-refractivity contribution in [1.82, 2.24) is 10.2 Å². The summed E-state index contributed by atoms with van der Waals surface area (Å²) in [6, 6.07) is 13.8. The summed E-state index contributed by atoms with van der Waals surface area (Å²) < 4.78 is 12.6. The first-order valence-electron chi connectivity index (χ1n) is 15.9. The molecule has 10 nitrogen and oxygen atoms in total. The van der Waals surface area contributed by atoms with Gasteiger partial charge in [0.2, 0.25) is 11.8 Å². The molecule has 10 heteroatoms. The molecule has 3 fully saturated rings. The molecule has 2 aromatic rings. The van der Waals surface area contributed by atoms with Crippen LogP contribution >= 0.6 is 0 Å². The number of aryl methyl sites for hydroxylation is 2. The zero-order chi connectivity index (χ0) is 33.0. The van der Waals surface area contributed by atoms with E-state index < -0.39 is 47.6 Å². The fraction of sp³-hybridized carbons (Fsp3) is 0.444. The molecule has 2 bridgehead atoms. The average Bonchev–Trinajstić information content (AvgIpc) is 3.69. The second kappa shape index (κ2) is 14.0. The lowest BCUT2D eigenvalue weighted by molar-refractivity contribution is -0.160. The van der Waals surface area contributed by atoms with Gasteiger partial charge in [-0.2, -0.15) is 0 Å². The number of nitrogens with one attached hydrogen (secondary N) is 1. The van der Waals surface area contributed by atoms with Crippen LogP contribution in [-0.2, 0) is 28.7 Å². The number of allylic oxidation sites excluding steroid dienone is 1. The van der Waals surface area contributed by atoms with E-state index >= 15 is 0 Å². The van der Waals surface area contributed by atoms with Crippen molar-refractivity contribution in [3.8, 4) is 0 Å². The van der Waals surface area contributed by atoms with Gasteiger partial charge in [-0.15, -0.1) is 13.2 Å². The molecule has 3 saturated heterocycles. The van der Waals surface area contributed by atoms with E-state index in [1.807, 2.05) is 62.4 Å². The van der Waals surface area contributed by atoms with E-state index in [9.17, 15) is 24.3 Å². The van der Waals surface area contributed by atoms with Gasteiger partial charge in [0, 0.05) is 25.2 Å². The molecule has 0 saturated carbocycles. The summed E-state index contributed by atoms with van der Waals surface area (Å²) in [6.07, 6.45) is 3.55. The number of carbonyl (C=O) groups excluding carboxylic acids is 4. The summed E-state index contributed by atoms with van der Waals surface area (Å²) in [7, 11) is 0. The highest BCUT2D eigenvalue weighted by Gasteiger charge is 2.75. The van der Waals surface area contributed by atoms with Gasteiger partial charge in [0.25, 0.3) is 5.91 Å². The number of aliphatic hydroxyl groups is 1. The largest absolute Gasteiger partial charge is 0.455 e. The van der Waals surface area contributed by atoms with E-state index in [0.717, 1.165) is 16.8 Å². The molecule has 5 rings (SSSR count). The quantitative estimate of drug-likeness (QED) is 0.242. The predicted octanol–water partition coefficient (Wildman–Crippen LogP) is 3.56. The topological polar surface area (TPSA) is 125 Å². The van der Waals surface area contributed by atoms with Crippen LogP contribution in [0, 0.1) is 25.7 Å². The number of aliphatic hydroxyl groups excluding tert-OH is 1. The van der Waals surface area contributed by atoms with Crippen LogP contribution in [0.5, 0.6) is 0 Å². The minimum Gasteiger partial charge on any atom is -0.455 e. The summed E-state index contributed by atoms with van der Waals surface area (Å²) >= 11 is 0. The van der Waals surface area contributed by atoms with Gasteiger partial charge in [0.15, 0.2) is 0 Å². The maximum Gasteiger partial charge on any atom is 0.313 e. The zero-order valence-electron chi connectivity index (χ0n) is 26.5. The molecule has 3 amide bonds. The first-order valence-corrected chi connectivity index (χ1v) is 15.9. The van der Waals surface area contributed by atoms with Crippen LogP contribution in [0.2, 0.25) is 0 Å². The van der Waals surface area contributed by atoms with Crippen molar-refractivity contribution in [2.75, 3.05) is 31.1 Å². The Kier molecular flexibility index (Phi) is 10.1. The molecule has 3 aliphatic rings. The van der Waals surface area contributed by atoms with Crippen molar-refractivity contribution in [1.29, 1.82) is 0 Å². The van der Waals surface area contributed by atoms with Crippen LogP contribution < -0.4 is 10.2 Å². The second-order valence-corrected chi connectivity index (χ2v) is 12.3. The van der Waals surface area contributed by atoms with Gasteiger partial charge in [-0.25, -0.2) is 0 Å². The van der Waals surface area contributed by atoms with Gasteiger partial charge in [-0.3, -0.25) is 19.2 Å². The number of nitrogens with zero attached hydrogens (tertiary/aromatic N) is 2. The Bertz CT molecular complexity index is 1470. The minimum absolute atomic E-state index is 0.0533. The molecule has 2 N–H and O–H groups in total. The van der Waals surface area contributed by atoms with Gasteiger partial charge >= 0.3 is 5.97 Å². The van der Waals surface area contributed by atoms with Crippen molar-refractivity contribution < 1.29 is 33.8 Å². The number of benzene rings is 2. The number of hydrogen-bond acceptors (Lipinski definition) is 7. The highest BCUT2D eigenvalue weighted by Crippen LogP contribution is 2.59. The van der Waals surface area contributed by atoms with E-state index in [2.05, 4.69) is 18.5 Å². The Morgan fingerprint density at radius 1 is 1.13 bits per heavy atom. The van der Waals surface area contributed by atoms with Crippen molar-refractivity contribution in [2.45, 2.75) is 63.4 Å². The lowest BCUT2D eigenvalue weighted by atomic mass is 9.70. The molecule has 0 aliphatic carbocycles. The number of hydrogen-bond donors (Lipinski definition) is 2. The fourth-order valence-corrected chi connectivity index (χ4v) is 7.49. The van der Waals surface area contributed by atoms with Gasteiger partial charge in [0.05, 0.1) is 31.1 Å². The number of esters is 1. The molecule has 46 heavy (non-hydrogen) atoms. The molecule has 6 atom stereocenters. The van der Waals surface area contributed by atoms with Crippen molar-refractivity contribution in [3.05, 3.63) is 90.5 Å². The second-order valence-electron chi connectivity index (χ2n) is 12.3. The number of likely N-dealkylation sites (tertiary alicyclic amines) is 1. The summed E-state index contributed by atoms with van der Waals surface area (Å²) in [5.74, 6) is -3.48. The Labute approximate surface area is 270 Å². The number of carbonyl (C=O) groups is 4. The van der Waals surface area contributed by atoms with E-state index in [1.165, 1.54) is 4.90 Å². The van der Waals surface area contributed by atoms with E-state index in [1.54, 1.807) is 17.1 Å². The molecule has 3 heterocycles. The number of β-amino-alcohol motifs (C(OH)–C–C–N with tert-alkyl or cyclic N) is 1. The third-order valence-electron chi connectivity index (χ3n) is 9.42. The summed E-state index contributed by atoms with van der Waals surface area (Å²) in [6.45, 7) is 11.2. The third kappa shape index (κ3) is 5.99. The normalized spacial score (nSPS) is 25.1. The van der Waals surface area contributed by atoms with Gasteiger partial charge in [-0.1, -0.05) is 60.7 Å². The first-order chi connectivity index (χ1) is 22.2. The predicted molar refractivity (Wildman–Crippen MR) is 173 cm³/mol. The highest BCUT2D eigenvalue weighted by molar-refractivity contribution is 6.05. The smallest absolute Gasteiger partial charge is 0.313 e. The Balaban J connectivity index is 1.45. The maximum absolute atomic E-state index is 14.6. The Morgan fingerprint density at radius 2 is 1.85 bits per heavy atom. The van der Waals surface area contributed by atoms with Crippen LogP contribution in [0.1, 0.15) is 48.5 Å². The van der Waals surface area contributed by atoms with Crippen molar-refractivity contribution in [3.63, 3.8) is 0 Å².